The molecule has 0 saturated heterocycles. The second-order valence-corrected chi connectivity index (χ2v) is 4.07. The van der Waals surface area contributed by atoms with Crippen molar-refractivity contribution in [3.8, 4) is 11.1 Å². The first kappa shape index (κ1) is 13.5. The first-order chi connectivity index (χ1) is 9.58. The standard InChI is InChI=1S/C15H11NO4/c17-15(18)9-7-12-6-8-13(16(19)20)10-14(12)11-4-2-1-3-5-11/h1-10H,(H,17,18)/b9-7+. The number of non-ortho nitro benzene ring substituents is 1. The minimum atomic E-state index is -1.07. The average molecular weight is 269 g/mol. The second kappa shape index (κ2) is 5.79. The number of nitro groups is 1. The van der Waals surface area contributed by atoms with Crippen molar-refractivity contribution < 1.29 is 14.8 Å². The number of hydrogen-bond acceptors (Lipinski definition) is 3. The summed E-state index contributed by atoms with van der Waals surface area (Å²) in [6.45, 7) is 0. The van der Waals surface area contributed by atoms with Crippen molar-refractivity contribution in [3.05, 3.63) is 70.3 Å². The number of nitro benzene ring substituents is 1. The van der Waals surface area contributed by atoms with Crippen LogP contribution in [0.5, 0.6) is 0 Å². The number of carboxylic acids is 1. The van der Waals surface area contributed by atoms with Crippen LogP contribution in [0.4, 0.5) is 5.69 Å². The van der Waals surface area contributed by atoms with Crippen molar-refractivity contribution in [1.29, 1.82) is 0 Å². The molecule has 2 rings (SSSR count). The molecule has 100 valence electrons. The highest BCUT2D eigenvalue weighted by atomic mass is 16.6. The lowest BCUT2D eigenvalue weighted by molar-refractivity contribution is -0.384. The fourth-order valence-corrected chi connectivity index (χ4v) is 1.83. The highest BCUT2D eigenvalue weighted by molar-refractivity contribution is 5.88. The molecule has 0 fully saturated rings. The van der Waals surface area contributed by atoms with E-state index in [9.17, 15) is 14.9 Å². The quantitative estimate of drug-likeness (QED) is 0.524. The van der Waals surface area contributed by atoms with Gasteiger partial charge in [0.1, 0.15) is 0 Å². The number of hydrogen-bond donors (Lipinski definition) is 1. The molecule has 5 heteroatoms. The Hall–Kier alpha value is -2.95. The summed E-state index contributed by atoms with van der Waals surface area (Å²) in [4.78, 5) is 21.0. The Morgan fingerprint density at radius 2 is 1.85 bits per heavy atom. The van der Waals surface area contributed by atoms with Crippen LogP contribution in [0.3, 0.4) is 0 Å². The predicted octanol–water partition coefficient (Wildman–Crippen LogP) is 3.36. The van der Waals surface area contributed by atoms with Crippen LogP contribution in [-0.4, -0.2) is 16.0 Å². The number of aliphatic carboxylic acids is 1. The lowest BCUT2D eigenvalue weighted by atomic mass is 9.98. The van der Waals surface area contributed by atoms with E-state index >= 15 is 0 Å². The Morgan fingerprint density at radius 1 is 1.15 bits per heavy atom. The van der Waals surface area contributed by atoms with E-state index in [0.717, 1.165) is 11.6 Å². The molecule has 2 aromatic rings. The Morgan fingerprint density at radius 3 is 2.45 bits per heavy atom. The van der Waals surface area contributed by atoms with Gasteiger partial charge in [0.25, 0.3) is 5.69 Å². The van der Waals surface area contributed by atoms with E-state index in [4.69, 9.17) is 5.11 Å². The van der Waals surface area contributed by atoms with E-state index in [0.29, 0.717) is 11.1 Å². The van der Waals surface area contributed by atoms with Gasteiger partial charge in [-0.25, -0.2) is 4.79 Å². The number of carboxylic acid groups (broad SMARTS) is 1. The maximum atomic E-state index is 10.9. The number of rotatable bonds is 4. The summed E-state index contributed by atoms with van der Waals surface area (Å²) in [7, 11) is 0. The third-order valence-electron chi connectivity index (χ3n) is 2.74. The zero-order chi connectivity index (χ0) is 14.5. The van der Waals surface area contributed by atoms with Gasteiger partial charge >= 0.3 is 5.97 Å². The third kappa shape index (κ3) is 3.08. The molecule has 0 aliphatic rings. The zero-order valence-corrected chi connectivity index (χ0v) is 10.4. The molecule has 0 radical (unpaired) electrons. The summed E-state index contributed by atoms with van der Waals surface area (Å²) in [5.74, 6) is -1.07. The van der Waals surface area contributed by atoms with Gasteiger partial charge in [-0.3, -0.25) is 10.1 Å². The summed E-state index contributed by atoms with van der Waals surface area (Å²) >= 11 is 0. The normalized spacial score (nSPS) is 10.6. The third-order valence-corrected chi connectivity index (χ3v) is 2.74. The first-order valence-corrected chi connectivity index (χ1v) is 5.83. The van der Waals surface area contributed by atoms with Gasteiger partial charge in [-0.1, -0.05) is 30.3 Å². The van der Waals surface area contributed by atoms with Gasteiger partial charge in [-0.15, -0.1) is 0 Å². The van der Waals surface area contributed by atoms with Crippen LogP contribution in [-0.2, 0) is 4.79 Å². The molecule has 0 atom stereocenters. The van der Waals surface area contributed by atoms with Crippen LogP contribution in [0.1, 0.15) is 5.56 Å². The molecule has 0 aliphatic carbocycles. The Balaban J connectivity index is 2.57. The molecule has 0 aliphatic heterocycles. The topological polar surface area (TPSA) is 80.4 Å². The van der Waals surface area contributed by atoms with Gasteiger partial charge in [-0.2, -0.15) is 0 Å². The maximum Gasteiger partial charge on any atom is 0.328 e. The Labute approximate surface area is 115 Å². The molecule has 0 aromatic heterocycles. The molecule has 20 heavy (non-hydrogen) atoms. The predicted molar refractivity (Wildman–Crippen MR) is 75.2 cm³/mol. The monoisotopic (exact) mass is 269 g/mol. The lowest BCUT2D eigenvalue weighted by Gasteiger charge is -2.06. The van der Waals surface area contributed by atoms with Crippen molar-refractivity contribution in [2.24, 2.45) is 0 Å². The number of benzene rings is 2. The molecule has 0 saturated carbocycles. The minimum absolute atomic E-state index is 0.0312. The largest absolute Gasteiger partial charge is 0.478 e. The second-order valence-electron chi connectivity index (χ2n) is 4.07. The molecule has 0 heterocycles. The summed E-state index contributed by atoms with van der Waals surface area (Å²) in [5.41, 5.74) is 2.00. The summed E-state index contributed by atoms with van der Waals surface area (Å²) in [6, 6.07) is 13.4. The van der Waals surface area contributed by atoms with E-state index in [1.807, 2.05) is 30.3 Å². The van der Waals surface area contributed by atoms with Crippen molar-refractivity contribution in [2.75, 3.05) is 0 Å². The fourth-order valence-electron chi connectivity index (χ4n) is 1.83. The maximum absolute atomic E-state index is 10.9. The molecule has 0 unspecified atom stereocenters. The molecule has 5 nitrogen and oxygen atoms in total. The number of carbonyl (C=O) groups is 1. The highest BCUT2D eigenvalue weighted by Gasteiger charge is 2.11. The SMILES string of the molecule is O=C(O)/C=C/c1ccc([N+](=O)[O-])cc1-c1ccccc1. The van der Waals surface area contributed by atoms with Crippen LogP contribution in [0, 0.1) is 10.1 Å². The Kier molecular flexibility index (Phi) is 3.91. The molecule has 1 N–H and O–H groups in total. The van der Waals surface area contributed by atoms with Gasteiger partial charge < -0.3 is 5.11 Å². The smallest absolute Gasteiger partial charge is 0.328 e. The van der Waals surface area contributed by atoms with Crippen LogP contribution in [0.15, 0.2) is 54.6 Å². The van der Waals surface area contributed by atoms with Gasteiger partial charge in [0.15, 0.2) is 0 Å². The van der Waals surface area contributed by atoms with Crippen LogP contribution < -0.4 is 0 Å². The van der Waals surface area contributed by atoms with Crippen molar-refractivity contribution >= 4 is 17.7 Å². The van der Waals surface area contributed by atoms with Crippen LogP contribution in [0.2, 0.25) is 0 Å². The summed E-state index contributed by atoms with van der Waals surface area (Å²) in [6.07, 6.45) is 2.43. The molecule has 2 aromatic carbocycles. The van der Waals surface area contributed by atoms with Gasteiger partial charge in [0.2, 0.25) is 0 Å². The van der Waals surface area contributed by atoms with Crippen LogP contribution in [0.25, 0.3) is 17.2 Å². The molecular formula is C15H11NO4. The lowest BCUT2D eigenvalue weighted by Crippen LogP contribution is -1.92. The molecular weight excluding hydrogens is 258 g/mol. The van der Waals surface area contributed by atoms with Crippen LogP contribution >= 0.6 is 0 Å². The molecule has 0 bridgehead atoms. The molecule has 0 spiro atoms. The zero-order valence-electron chi connectivity index (χ0n) is 10.4. The Bertz CT molecular complexity index is 678. The average Bonchev–Trinajstić information content (AvgIpc) is 2.45. The highest BCUT2D eigenvalue weighted by Crippen LogP contribution is 2.28. The summed E-state index contributed by atoms with van der Waals surface area (Å²) < 4.78 is 0. The van der Waals surface area contributed by atoms with E-state index < -0.39 is 10.9 Å². The van der Waals surface area contributed by atoms with E-state index in [-0.39, 0.29) is 5.69 Å². The number of nitrogens with zero attached hydrogens (tertiary/aromatic N) is 1. The van der Waals surface area contributed by atoms with Gasteiger partial charge in [0, 0.05) is 18.2 Å². The van der Waals surface area contributed by atoms with Gasteiger partial charge in [0.05, 0.1) is 4.92 Å². The van der Waals surface area contributed by atoms with Crippen molar-refractivity contribution in [3.63, 3.8) is 0 Å². The van der Waals surface area contributed by atoms with E-state index in [2.05, 4.69) is 0 Å². The van der Waals surface area contributed by atoms with Crippen molar-refractivity contribution in [2.45, 2.75) is 0 Å². The fraction of sp³-hybridized carbons (Fsp3) is 0. The summed E-state index contributed by atoms with van der Waals surface area (Å²) in [5, 5.41) is 19.5. The van der Waals surface area contributed by atoms with E-state index in [1.54, 1.807) is 6.07 Å². The van der Waals surface area contributed by atoms with Crippen molar-refractivity contribution in [1.82, 2.24) is 0 Å². The molecule has 0 amide bonds. The van der Waals surface area contributed by atoms with Gasteiger partial charge in [-0.05, 0) is 28.8 Å². The first-order valence-electron chi connectivity index (χ1n) is 5.83. The minimum Gasteiger partial charge on any atom is -0.478 e. The van der Waals surface area contributed by atoms with E-state index in [1.165, 1.54) is 18.2 Å².